The van der Waals surface area contributed by atoms with Crippen LogP contribution in [0.1, 0.15) is 5.69 Å². The average molecular weight is 265 g/mol. The summed E-state index contributed by atoms with van der Waals surface area (Å²) in [5.41, 5.74) is 2.44. The summed E-state index contributed by atoms with van der Waals surface area (Å²) in [5.74, 6) is -0.266. The van der Waals surface area contributed by atoms with Crippen molar-refractivity contribution in [2.24, 2.45) is 4.99 Å². The highest BCUT2D eigenvalue weighted by Gasteiger charge is 1.98. The predicted octanol–water partition coefficient (Wildman–Crippen LogP) is 3.76. The highest BCUT2D eigenvalue weighted by molar-refractivity contribution is 5.79. The minimum Gasteiger partial charge on any atom is -0.255 e. The lowest BCUT2D eigenvalue weighted by molar-refractivity contribution is 0.628. The molecule has 0 aliphatic rings. The molecule has 2 aromatic carbocycles. The highest BCUT2D eigenvalue weighted by atomic mass is 19.1. The first-order chi connectivity index (χ1) is 9.81. The van der Waals surface area contributed by atoms with Gasteiger partial charge in [-0.1, -0.05) is 18.2 Å². The maximum absolute atomic E-state index is 12.8. The molecule has 0 saturated heterocycles. The smallest absolute Gasteiger partial charge is 0.123 e. The van der Waals surface area contributed by atoms with E-state index in [1.54, 1.807) is 23.0 Å². The van der Waals surface area contributed by atoms with Gasteiger partial charge in [0.15, 0.2) is 0 Å². The Kier molecular flexibility index (Phi) is 3.37. The van der Waals surface area contributed by atoms with Crippen molar-refractivity contribution >= 4 is 11.9 Å². The van der Waals surface area contributed by atoms with E-state index in [-0.39, 0.29) is 5.82 Å². The van der Waals surface area contributed by atoms with Gasteiger partial charge < -0.3 is 0 Å². The Morgan fingerprint density at radius 2 is 1.70 bits per heavy atom. The molecule has 0 fully saturated rings. The third kappa shape index (κ3) is 2.80. The summed E-state index contributed by atoms with van der Waals surface area (Å²) in [6.07, 6.45) is 3.54. The Labute approximate surface area is 116 Å². The Hall–Kier alpha value is -2.75. The van der Waals surface area contributed by atoms with Crippen LogP contribution in [0.25, 0.3) is 5.69 Å². The summed E-state index contributed by atoms with van der Waals surface area (Å²) in [6, 6.07) is 17.7. The molecule has 4 heteroatoms. The fourth-order valence-electron chi connectivity index (χ4n) is 1.80. The number of rotatable bonds is 3. The topological polar surface area (TPSA) is 30.2 Å². The molecule has 0 aliphatic carbocycles. The Bertz CT molecular complexity index is 715. The van der Waals surface area contributed by atoms with Gasteiger partial charge in [0.25, 0.3) is 0 Å². The third-order valence-electron chi connectivity index (χ3n) is 2.80. The molecular formula is C16H12FN3. The van der Waals surface area contributed by atoms with Crippen molar-refractivity contribution in [1.82, 2.24) is 9.78 Å². The molecule has 0 spiro atoms. The molecule has 0 aliphatic heterocycles. The summed E-state index contributed by atoms with van der Waals surface area (Å²) >= 11 is 0. The van der Waals surface area contributed by atoms with Crippen LogP contribution in [0.2, 0.25) is 0 Å². The zero-order valence-corrected chi connectivity index (χ0v) is 10.6. The Morgan fingerprint density at radius 1 is 0.950 bits per heavy atom. The second-order valence-electron chi connectivity index (χ2n) is 4.26. The summed E-state index contributed by atoms with van der Waals surface area (Å²) in [5, 5.41) is 4.41. The zero-order valence-electron chi connectivity index (χ0n) is 10.6. The molecule has 3 nitrogen and oxygen atoms in total. The van der Waals surface area contributed by atoms with Crippen LogP contribution in [0.5, 0.6) is 0 Å². The molecule has 1 heterocycles. The van der Waals surface area contributed by atoms with Gasteiger partial charge in [0.1, 0.15) is 11.5 Å². The molecule has 0 saturated carbocycles. The van der Waals surface area contributed by atoms with E-state index < -0.39 is 0 Å². The Morgan fingerprint density at radius 3 is 2.45 bits per heavy atom. The molecule has 0 N–H and O–H groups in total. The van der Waals surface area contributed by atoms with E-state index in [0.717, 1.165) is 11.4 Å². The van der Waals surface area contributed by atoms with Crippen LogP contribution in [0, 0.1) is 5.82 Å². The quantitative estimate of drug-likeness (QED) is 0.663. The SMILES string of the molecule is Fc1ccc(N=Cc2ccn(-c3ccccc3)n2)cc1. The first-order valence-electron chi connectivity index (χ1n) is 6.22. The Balaban J connectivity index is 1.79. The molecule has 0 radical (unpaired) electrons. The van der Waals surface area contributed by atoms with Gasteiger partial charge in [0.2, 0.25) is 0 Å². The van der Waals surface area contributed by atoms with Gasteiger partial charge in [0.05, 0.1) is 17.6 Å². The largest absolute Gasteiger partial charge is 0.255 e. The lowest BCUT2D eigenvalue weighted by atomic mass is 10.3. The van der Waals surface area contributed by atoms with Gasteiger partial charge in [-0.2, -0.15) is 5.10 Å². The lowest BCUT2D eigenvalue weighted by Gasteiger charge is -1.98. The second kappa shape index (κ2) is 5.48. The standard InChI is InChI=1S/C16H12FN3/c17-13-6-8-14(9-7-13)18-12-15-10-11-20(19-15)16-4-2-1-3-5-16/h1-12H. The van der Waals surface area contributed by atoms with Crippen LogP contribution in [0.4, 0.5) is 10.1 Å². The van der Waals surface area contributed by atoms with E-state index in [4.69, 9.17) is 0 Å². The molecule has 0 atom stereocenters. The summed E-state index contributed by atoms with van der Waals surface area (Å²) in [4.78, 5) is 4.26. The molecule has 0 bridgehead atoms. The molecule has 1 aromatic heterocycles. The fourth-order valence-corrected chi connectivity index (χ4v) is 1.80. The minimum atomic E-state index is -0.266. The van der Waals surface area contributed by atoms with Crippen LogP contribution >= 0.6 is 0 Å². The van der Waals surface area contributed by atoms with E-state index in [2.05, 4.69) is 10.1 Å². The van der Waals surface area contributed by atoms with Crippen molar-refractivity contribution in [3.8, 4) is 5.69 Å². The highest BCUT2D eigenvalue weighted by Crippen LogP contribution is 2.12. The van der Waals surface area contributed by atoms with Crippen LogP contribution in [0.15, 0.2) is 71.9 Å². The lowest BCUT2D eigenvalue weighted by Crippen LogP contribution is -1.95. The summed E-state index contributed by atoms with van der Waals surface area (Å²) in [6.45, 7) is 0. The normalized spacial score (nSPS) is 11.1. The number of aromatic nitrogens is 2. The number of benzene rings is 2. The van der Waals surface area contributed by atoms with Crippen molar-refractivity contribution < 1.29 is 4.39 Å². The van der Waals surface area contributed by atoms with E-state index in [1.165, 1.54) is 12.1 Å². The van der Waals surface area contributed by atoms with Gasteiger partial charge in [-0.3, -0.25) is 4.99 Å². The average Bonchev–Trinajstić information content (AvgIpc) is 2.97. The van der Waals surface area contributed by atoms with Gasteiger partial charge in [-0.25, -0.2) is 9.07 Å². The van der Waals surface area contributed by atoms with Crippen LogP contribution in [0.3, 0.4) is 0 Å². The molecular weight excluding hydrogens is 253 g/mol. The fraction of sp³-hybridized carbons (Fsp3) is 0. The monoisotopic (exact) mass is 265 g/mol. The number of hydrogen-bond donors (Lipinski definition) is 0. The molecule has 98 valence electrons. The van der Waals surface area contributed by atoms with Crippen molar-refractivity contribution in [2.45, 2.75) is 0 Å². The van der Waals surface area contributed by atoms with Crippen LogP contribution < -0.4 is 0 Å². The predicted molar refractivity (Wildman–Crippen MR) is 77.2 cm³/mol. The van der Waals surface area contributed by atoms with Crippen LogP contribution in [-0.4, -0.2) is 16.0 Å². The third-order valence-corrected chi connectivity index (χ3v) is 2.80. The number of aliphatic imine (C=N–C) groups is 1. The first kappa shape index (κ1) is 12.3. The maximum Gasteiger partial charge on any atom is 0.123 e. The minimum absolute atomic E-state index is 0.266. The molecule has 0 amide bonds. The number of halogens is 1. The van der Waals surface area contributed by atoms with Crippen LogP contribution in [-0.2, 0) is 0 Å². The van der Waals surface area contributed by atoms with Crippen molar-refractivity contribution in [1.29, 1.82) is 0 Å². The second-order valence-corrected chi connectivity index (χ2v) is 4.26. The van der Waals surface area contributed by atoms with E-state index in [9.17, 15) is 4.39 Å². The summed E-state index contributed by atoms with van der Waals surface area (Å²) < 4.78 is 14.6. The summed E-state index contributed by atoms with van der Waals surface area (Å²) in [7, 11) is 0. The number of para-hydroxylation sites is 1. The van der Waals surface area contributed by atoms with Gasteiger partial charge in [0, 0.05) is 6.20 Å². The van der Waals surface area contributed by atoms with Crippen molar-refractivity contribution in [3.63, 3.8) is 0 Å². The number of nitrogens with zero attached hydrogens (tertiary/aromatic N) is 3. The maximum atomic E-state index is 12.8. The zero-order chi connectivity index (χ0) is 13.8. The molecule has 3 rings (SSSR count). The molecule has 0 unspecified atom stereocenters. The van der Waals surface area contributed by atoms with E-state index in [1.807, 2.05) is 42.6 Å². The van der Waals surface area contributed by atoms with E-state index >= 15 is 0 Å². The van der Waals surface area contributed by atoms with Crippen molar-refractivity contribution in [3.05, 3.63) is 78.4 Å². The van der Waals surface area contributed by atoms with Gasteiger partial charge >= 0.3 is 0 Å². The molecule has 3 aromatic rings. The molecule has 20 heavy (non-hydrogen) atoms. The first-order valence-corrected chi connectivity index (χ1v) is 6.22. The van der Waals surface area contributed by atoms with E-state index in [0.29, 0.717) is 5.69 Å². The number of hydrogen-bond acceptors (Lipinski definition) is 2. The van der Waals surface area contributed by atoms with Gasteiger partial charge in [-0.15, -0.1) is 0 Å². The van der Waals surface area contributed by atoms with Gasteiger partial charge in [-0.05, 0) is 42.5 Å². The van der Waals surface area contributed by atoms with Crippen molar-refractivity contribution in [2.75, 3.05) is 0 Å².